The molecule has 26 heavy (non-hydrogen) atoms. The van der Waals surface area contributed by atoms with Crippen molar-refractivity contribution in [1.82, 2.24) is 15.0 Å². The fraction of sp³-hybridized carbons (Fsp3) is 0. The summed E-state index contributed by atoms with van der Waals surface area (Å²) in [6.07, 6.45) is 1.91. The Bertz CT molecular complexity index is 1010. The number of fused-ring (bicyclic) bond motifs is 1. The van der Waals surface area contributed by atoms with E-state index < -0.39 is 17.7 Å². The quantitative estimate of drug-likeness (QED) is 0.427. The lowest BCUT2D eigenvalue weighted by molar-refractivity contribution is -0.129. The Morgan fingerprint density at radius 1 is 1.00 bits per heavy atom. The molecule has 0 saturated heterocycles. The Morgan fingerprint density at radius 3 is 2.15 bits per heavy atom. The summed E-state index contributed by atoms with van der Waals surface area (Å²) in [5.74, 6) is -2.14. The number of aromatic nitrogens is 3. The predicted molar refractivity (Wildman–Crippen MR) is 92.2 cm³/mol. The molecular weight excluding hydrogens is 338 g/mol. The number of aromatic hydroxyl groups is 1. The SMILES string of the molecule is C=CC(=O)Oc1cc(OC(=O)C=C)c(O)c(-n2nc3ccccc3n2)c1. The van der Waals surface area contributed by atoms with Crippen molar-refractivity contribution in [3.8, 4) is 22.9 Å². The molecule has 0 aliphatic carbocycles. The van der Waals surface area contributed by atoms with E-state index in [1.165, 1.54) is 12.1 Å². The van der Waals surface area contributed by atoms with Gasteiger partial charge in [-0.1, -0.05) is 25.3 Å². The Morgan fingerprint density at radius 2 is 1.58 bits per heavy atom. The summed E-state index contributed by atoms with van der Waals surface area (Å²) in [5.41, 5.74) is 1.23. The second kappa shape index (κ2) is 6.89. The molecule has 0 spiro atoms. The highest BCUT2D eigenvalue weighted by atomic mass is 16.5. The number of phenols is 1. The number of rotatable bonds is 5. The summed E-state index contributed by atoms with van der Waals surface area (Å²) in [4.78, 5) is 24.1. The number of ether oxygens (including phenoxy) is 2. The van der Waals surface area contributed by atoms with Crippen molar-refractivity contribution in [3.05, 3.63) is 61.7 Å². The molecule has 1 N–H and O–H groups in total. The minimum atomic E-state index is -0.794. The van der Waals surface area contributed by atoms with E-state index in [1.54, 1.807) is 24.3 Å². The van der Waals surface area contributed by atoms with Gasteiger partial charge in [-0.3, -0.25) is 0 Å². The topological polar surface area (TPSA) is 104 Å². The average molecular weight is 351 g/mol. The van der Waals surface area contributed by atoms with Gasteiger partial charge in [0.05, 0.1) is 0 Å². The van der Waals surface area contributed by atoms with Crippen molar-refractivity contribution in [2.24, 2.45) is 0 Å². The van der Waals surface area contributed by atoms with Crippen molar-refractivity contribution in [3.63, 3.8) is 0 Å². The summed E-state index contributed by atoms with van der Waals surface area (Å²) in [7, 11) is 0. The molecule has 0 bridgehead atoms. The zero-order chi connectivity index (χ0) is 18.7. The summed E-state index contributed by atoms with van der Waals surface area (Å²) >= 11 is 0. The van der Waals surface area contributed by atoms with Crippen LogP contribution in [0.1, 0.15) is 0 Å². The van der Waals surface area contributed by atoms with Gasteiger partial charge in [-0.15, -0.1) is 15.0 Å². The molecule has 8 heteroatoms. The van der Waals surface area contributed by atoms with Gasteiger partial charge >= 0.3 is 11.9 Å². The first-order valence-electron chi connectivity index (χ1n) is 7.40. The van der Waals surface area contributed by atoms with Crippen molar-refractivity contribution < 1.29 is 24.2 Å². The largest absolute Gasteiger partial charge is 0.503 e. The fourth-order valence-corrected chi connectivity index (χ4v) is 2.13. The Kier molecular flexibility index (Phi) is 4.48. The zero-order valence-electron chi connectivity index (χ0n) is 13.5. The number of carbonyl (C=O) groups is 2. The Labute approximate surface area is 147 Å². The monoisotopic (exact) mass is 351 g/mol. The molecule has 0 aliphatic heterocycles. The lowest BCUT2D eigenvalue weighted by atomic mass is 10.2. The maximum absolute atomic E-state index is 11.5. The fourth-order valence-electron chi connectivity index (χ4n) is 2.13. The van der Waals surface area contributed by atoms with Gasteiger partial charge in [0.25, 0.3) is 0 Å². The van der Waals surface area contributed by atoms with Crippen LogP contribution in [0.4, 0.5) is 0 Å². The first-order chi connectivity index (χ1) is 12.5. The van der Waals surface area contributed by atoms with Gasteiger partial charge in [0.2, 0.25) is 0 Å². The van der Waals surface area contributed by atoms with E-state index in [2.05, 4.69) is 23.4 Å². The first kappa shape index (κ1) is 16.9. The highest BCUT2D eigenvalue weighted by Gasteiger charge is 2.18. The summed E-state index contributed by atoms with van der Waals surface area (Å²) in [6, 6.07) is 9.60. The van der Waals surface area contributed by atoms with Crippen molar-refractivity contribution in [2.45, 2.75) is 0 Å². The average Bonchev–Trinajstić information content (AvgIpc) is 3.07. The molecule has 3 rings (SSSR count). The van der Waals surface area contributed by atoms with E-state index in [0.717, 1.165) is 16.9 Å². The number of carbonyl (C=O) groups excluding carboxylic acids is 2. The number of esters is 2. The summed E-state index contributed by atoms with van der Waals surface area (Å²) in [5, 5.41) is 19.0. The summed E-state index contributed by atoms with van der Waals surface area (Å²) < 4.78 is 10.0. The second-order valence-electron chi connectivity index (χ2n) is 5.02. The van der Waals surface area contributed by atoms with Crippen LogP contribution in [0.25, 0.3) is 16.7 Å². The van der Waals surface area contributed by atoms with Crippen LogP contribution in [0.2, 0.25) is 0 Å². The Balaban J connectivity index is 2.14. The number of nitrogens with zero attached hydrogens (tertiary/aromatic N) is 3. The molecule has 3 aromatic rings. The van der Waals surface area contributed by atoms with Crippen molar-refractivity contribution in [2.75, 3.05) is 0 Å². The predicted octanol–water partition coefficient (Wildman–Crippen LogP) is 2.31. The molecule has 2 aromatic carbocycles. The third-order valence-corrected chi connectivity index (χ3v) is 3.29. The first-order valence-corrected chi connectivity index (χ1v) is 7.40. The molecule has 0 fully saturated rings. The highest BCUT2D eigenvalue weighted by molar-refractivity contribution is 5.85. The van der Waals surface area contributed by atoms with Gasteiger partial charge in [0, 0.05) is 24.3 Å². The van der Waals surface area contributed by atoms with Crippen LogP contribution in [0.5, 0.6) is 17.2 Å². The molecular formula is C18H13N3O5. The lowest BCUT2D eigenvalue weighted by Crippen LogP contribution is -2.08. The van der Waals surface area contributed by atoms with E-state index in [-0.39, 0.29) is 17.2 Å². The standard InChI is InChI=1S/C18H13N3O5/c1-3-16(22)25-11-9-14(18(24)15(10-11)26-17(23)4-2)21-19-12-7-5-6-8-13(12)20-21/h3-10,24H,1-2H2. The van der Waals surface area contributed by atoms with Crippen molar-refractivity contribution >= 4 is 23.0 Å². The minimum absolute atomic E-state index is 0.0101. The van der Waals surface area contributed by atoms with Crippen LogP contribution in [-0.2, 0) is 9.59 Å². The van der Waals surface area contributed by atoms with Crippen LogP contribution in [-0.4, -0.2) is 32.0 Å². The molecule has 0 aliphatic rings. The molecule has 0 amide bonds. The molecule has 130 valence electrons. The van der Waals surface area contributed by atoms with Gasteiger partial charge in [0.15, 0.2) is 11.5 Å². The third-order valence-electron chi connectivity index (χ3n) is 3.29. The van der Waals surface area contributed by atoms with E-state index in [0.29, 0.717) is 11.0 Å². The van der Waals surface area contributed by atoms with Crippen molar-refractivity contribution in [1.29, 1.82) is 0 Å². The van der Waals surface area contributed by atoms with Gasteiger partial charge in [-0.05, 0) is 12.1 Å². The van der Waals surface area contributed by atoms with Gasteiger partial charge in [-0.2, -0.15) is 0 Å². The third kappa shape index (κ3) is 3.29. The molecule has 1 aromatic heterocycles. The van der Waals surface area contributed by atoms with Crippen LogP contribution in [0, 0.1) is 0 Å². The maximum Gasteiger partial charge on any atom is 0.335 e. The van der Waals surface area contributed by atoms with Gasteiger partial charge in [-0.25, -0.2) is 9.59 Å². The maximum atomic E-state index is 11.5. The number of benzene rings is 2. The highest BCUT2D eigenvalue weighted by Crippen LogP contribution is 2.37. The van der Waals surface area contributed by atoms with E-state index in [9.17, 15) is 14.7 Å². The minimum Gasteiger partial charge on any atom is -0.503 e. The molecule has 0 saturated carbocycles. The Hall–Kier alpha value is -3.94. The van der Waals surface area contributed by atoms with Crippen LogP contribution in [0.3, 0.4) is 0 Å². The normalized spacial score (nSPS) is 10.3. The molecule has 1 heterocycles. The van der Waals surface area contributed by atoms with E-state index in [4.69, 9.17) is 9.47 Å². The molecule has 0 atom stereocenters. The number of hydrogen-bond donors (Lipinski definition) is 1. The zero-order valence-corrected chi connectivity index (χ0v) is 13.5. The van der Waals surface area contributed by atoms with E-state index in [1.807, 2.05) is 0 Å². The lowest BCUT2D eigenvalue weighted by Gasteiger charge is -2.11. The van der Waals surface area contributed by atoms with Crippen LogP contribution in [0.15, 0.2) is 61.7 Å². The second-order valence-corrected chi connectivity index (χ2v) is 5.02. The smallest absolute Gasteiger partial charge is 0.335 e. The van der Waals surface area contributed by atoms with Crippen LogP contribution >= 0.6 is 0 Å². The molecule has 8 nitrogen and oxygen atoms in total. The number of phenolic OH excluding ortho intramolecular Hbond substituents is 1. The summed E-state index contributed by atoms with van der Waals surface area (Å²) in [6.45, 7) is 6.61. The van der Waals surface area contributed by atoms with E-state index >= 15 is 0 Å². The number of hydrogen-bond acceptors (Lipinski definition) is 7. The molecule has 0 unspecified atom stereocenters. The molecule has 0 radical (unpaired) electrons. The van der Waals surface area contributed by atoms with Gasteiger partial charge < -0.3 is 14.6 Å². The van der Waals surface area contributed by atoms with Gasteiger partial charge in [0.1, 0.15) is 22.5 Å². The van der Waals surface area contributed by atoms with Crippen LogP contribution < -0.4 is 9.47 Å².